The largest absolute Gasteiger partial charge is 0.496 e. The zero-order chi connectivity index (χ0) is 17.7. The molecule has 0 saturated carbocycles. The second kappa shape index (κ2) is 7.59. The summed E-state index contributed by atoms with van der Waals surface area (Å²) in [4.78, 5) is 12.7. The van der Waals surface area contributed by atoms with Crippen LogP contribution in [0, 0.1) is 6.92 Å². The maximum absolute atomic E-state index is 12.6. The molecule has 0 amide bonds. The summed E-state index contributed by atoms with van der Waals surface area (Å²) in [7, 11) is -2.57. The highest BCUT2D eigenvalue weighted by molar-refractivity contribution is 7.86. The number of Topliss-reactive ketones (excluding diaryl/α,β-unsaturated/α-hetero) is 1. The number of carbonyl (C=O) groups excluding carboxylic acids is 1. The fourth-order valence-electron chi connectivity index (χ4n) is 2.23. The van der Waals surface area contributed by atoms with Gasteiger partial charge in [-0.05, 0) is 37.6 Å². The molecule has 0 fully saturated rings. The predicted molar refractivity (Wildman–Crippen MR) is 90.9 cm³/mol. The third-order valence-electron chi connectivity index (χ3n) is 3.59. The van der Waals surface area contributed by atoms with Crippen molar-refractivity contribution in [1.29, 1.82) is 0 Å². The molecule has 0 aliphatic carbocycles. The molecule has 2 rings (SSSR count). The molecule has 1 atom stereocenters. The minimum absolute atomic E-state index is 0.0272. The molecule has 2 aromatic rings. The summed E-state index contributed by atoms with van der Waals surface area (Å²) < 4.78 is 35.2. The number of ether oxygens (including phenoxy) is 1. The molecule has 0 aromatic heterocycles. The summed E-state index contributed by atoms with van der Waals surface area (Å²) in [6.07, 6.45) is -0.880. The summed E-state index contributed by atoms with van der Waals surface area (Å²) in [6.45, 7) is 3.56. The van der Waals surface area contributed by atoms with Gasteiger partial charge in [0.05, 0.1) is 17.6 Å². The maximum Gasteiger partial charge on any atom is 0.297 e. The molecule has 0 heterocycles. The minimum atomic E-state index is -4.02. The van der Waals surface area contributed by atoms with Crippen LogP contribution >= 0.6 is 0 Å². The zero-order valence-corrected chi connectivity index (χ0v) is 14.7. The van der Waals surface area contributed by atoms with Crippen LogP contribution in [0.5, 0.6) is 5.75 Å². The van der Waals surface area contributed by atoms with Crippen molar-refractivity contribution in [3.8, 4) is 5.75 Å². The Morgan fingerprint density at radius 2 is 1.71 bits per heavy atom. The normalized spacial score (nSPS) is 12.6. The molecular formula is C18H20O5S. The summed E-state index contributed by atoms with van der Waals surface area (Å²) >= 11 is 0. The molecular weight excluding hydrogens is 328 g/mol. The molecule has 5 nitrogen and oxygen atoms in total. The Bertz CT molecular complexity index is 810. The van der Waals surface area contributed by atoms with Crippen LogP contribution in [-0.2, 0) is 14.3 Å². The van der Waals surface area contributed by atoms with Gasteiger partial charge in [0.25, 0.3) is 10.1 Å². The van der Waals surface area contributed by atoms with Gasteiger partial charge < -0.3 is 4.74 Å². The Kier molecular flexibility index (Phi) is 5.75. The van der Waals surface area contributed by atoms with Gasteiger partial charge in [-0.15, -0.1) is 0 Å². The second-order valence-corrected chi connectivity index (χ2v) is 6.90. The van der Waals surface area contributed by atoms with Gasteiger partial charge in [-0.1, -0.05) is 36.8 Å². The van der Waals surface area contributed by atoms with Crippen LogP contribution in [0.4, 0.5) is 0 Å². The van der Waals surface area contributed by atoms with E-state index in [0.29, 0.717) is 11.3 Å². The van der Waals surface area contributed by atoms with Crippen LogP contribution < -0.4 is 4.74 Å². The third kappa shape index (κ3) is 4.01. The molecule has 1 unspecified atom stereocenters. The van der Waals surface area contributed by atoms with E-state index in [-0.39, 0.29) is 11.3 Å². The van der Waals surface area contributed by atoms with E-state index in [4.69, 9.17) is 8.92 Å². The Labute approximate surface area is 142 Å². The smallest absolute Gasteiger partial charge is 0.297 e. The van der Waals surface area contributed by atoms with Crippen molar-refractivity contribution in [1.82, 2.24) is 0 Å². The maximum atomic E-state index is 12.6. The summed E-state index contributed by atoms with van der Waals surface area (Å²) in [5.74, 6) is -0.0390. The monoisotopic (exact) mass is 348 g/mol. The topological polar surface area (TPSA) is 69.7 Å². The van der Waals surface area contributed by atoms with Crippen LogP contribution in [0.1, 0.15) is 29.3 Å². The molecule has 0 N–H and O–H groups in total. The molecule has 24 heavy (non-hydrogen) atoms. The van der Waals surface area contributed by atoms with Gasteiger partial charge in [0.1, 0.15) is 11.9 Å². The molecule has 0 aliphatic heterocycles. The lowest BCUT2D eigenvalue weighted by molar-refractivity contribution is 0.0792. The third-order valence-corrected chi connectivity index (χ3v) is 4.92. The van der Waals surface area contributed by atoms with Gasteiger partial charge in [-0.25, -0.2) is 0 Å². The SMILES string of the molecule is CCC(OS(=O)(=O)c1ccc(C)cc1)C(=O)c1ccccc1OC. The summed E-state index contributed by atoms with van der Waals surface area (Å²) in [6, 6.07) is 13.0. The predicted octanol–water partition coefficient (Wildman–Crippen LogP) is 3.37. The van der Waals surface area contributed by atoms with Crippen LogP contribution in [0.3, 0.4) is 0 Å². The lowest BCUT2D eigenvalue weighted by Crippen LogP contribution is -2.27. The highest BCUT2D eigenvalue weighted by Crippen LogP contribution is 2.23. The molecule has 6 heteroatoms. The quantitative estimate of drug-likeness (QED) is 0.567. The molecule has 0 spiro atoms. The van der Waals surface area contributed by atoms with E-state index in [1.165, 1.54) is 19.2 Å². The van der Waals surface area contributed by atoms with Crippen molar-refractivity contribution in [3.05, 3.63) is 59.7 Å². The second-order valence-electron chi connectivity index (χ2n) is 5.32. The number of hydrogen-bond donors (Lipinski definition) is 0. The highest BCUT2D eigenvalue weighted by Gasteiger charge is 2.28. The number of benzene rings is 2. The lowest BCUT2D eigenvalue weighted by Gasteiger charge is -2.16. The van der Waals surface area contributed by atoms with Crippen molar-refractivity contribution in [2.24, 2.45) is 0 Å². The van der Waals surface area contributed by atoms with Gasteiger partial charge in [0.2, 0.25) is 0 Å². The number of rotatable bonds is 7. The molecule has 0 bridgehead atoms. The standard InChI is InChI=1S/C18H20O5S/c1-4-16(18(19)15-7-5-6-8-17(15)22-3)23-24(20,21)14-11-9-13(2)10-12-14/h5-12,16H,4H2,1-3H3. The zero-order valence-electron chi connectivity index (χ0n) is 13.9. The fraction of sp³-hybridized carbons (Fsp3) is 0.278. The van der Waals surface area contributed by atoms with Crippen molar-refractivity contribution >= 4 is 15.9 Å². The van der Waals surface area contributed by atoms with Crippen molar-refractivity contribution in [2.45, 2.75) is 31.3 Å². The first-order chi connectivity index (χ1) is 11.4. The van der Waals surface area contributed by atoms with Gasteiger partial charge in [0, 0.05) is 0 Å². The lowest BCUT2D eigenvalue weighted by atomic mass is 10.0. The molecule has 0 saturated heterocycles. The average molecular weight is 348 g/mol. The molecule has 2 aromatic carbocycles. The van der Waals surface area contributed by atoms with Gasteiger partial charge in [-0.3, -0.25) is 8.98 Å². The Hall–Kier alpha value is -2.18. The fourth-order valence-corrected chi connectivity index (χ4v) is 3.34. The first kappa shape index (κ1) is 18.2. The van der Waals surface area contributed by atoms with Gasteiger partial charge in [0.15, 0.2) is 5.78 Å². The Morgan fingerprint density at radius 1 is 1.08 bits per heavy atom. The van der Waals surface area contributed by atoms with E-state index in [2.05, 4.69) is 0 Å². The van der Waals surface area contributed by atoms with E-state index < -0.39 is 22.0 Å². The van der Waals surface area contributed by atoms with Crippen LogP contribution in [0.15, 0.2) is 53.4 Å². The highest BCUT2D eigenvalue weighted by atomic mass is 32.2. The van der Waals surface area contributed by atoms with Crippen LogP contribution in [0.25, 0.3) is 0 Å². The average Bonchev–Trinajstić information content (AvgIpc) is 2.59. The number of hydrogen-bond acceptors (Lipinski definition) is 5. The summed E-state index contributed by atoms with van der Waals surface area (Å²) in [5, 5.41) is 0. The first-order valence-corrected chi connectivity index (χ1v) is 8.97. The Morgan fingerprint density at radius 3 is 2.29 bits per heavy atom. The van der Waals surface area contributed by atoms with Crippen molar-refractivity contribution in [3.63, 3.8) is 0 Å². The van der Waals surface area contributed by atoms with Crippen LogP contribution in [0.2, 0.25) is 0 Å². The Balaban J connectivity index is 2.28. The van der Waals surface area contributed by atoms with Gasteiger partial charge in [-0.2, -0.15) is 8.42 Å². The van der Waals surface area contributed by atoms with Gasteiger partial charge >= 0.3 is 0 Å². The van der Waals surface area contributed by atoms with Crippen LogP contribution in [-0.4, -0.2) is 27.4 Å². The van der Waals surface area contributed by atoms with E-state index in [1.807, 2.05) is 6.92 Å². The number of para-hydroxylation sites is 1. The van der Waals surface area contributed by atoms with Crippen molar-refractivity contribution in [2.75, 3.05) is 7.11 Å². The minimum Gasteiger partial charge on any atom is -0.496 e. The van der Waals surface area contributed by atoms with E-state index in [1.54, 1.807) is 43.3 Å². The van der Waals surface area contributed by atoms with E-state index >= 15 is 0 Å². The van der Waals surface area contributed by atoms with Crippen molar-refractivity contribution < 1.29 is 22.1 Å². The number of aryl methyl sites for hydroxylation is 1. The number of ketones is 1. The molecule has 128 valence electrons. The van der Waals surface area contributed by atoms with E-state index in [9.17, 15) is 13.2 Å². The first-order valence-electron chi connectivity index (χ1n) is 7.56. The number of methoxy groups -OCH3 is 1. The summed E-state index contributed by atoms with van der Waals surface area (Å²) in [5.41, 5.74) is 1.23. The molecule has 0 radical (unpaired) electrons. The van der Waals surface area contributed by atoms with E-state index in [0.717, 1.165) is 5.56 Å². The number of carbonyl (C=O) groups is 1. The molecule has 0 aliphatic rings.